The first-order valence-corrected chi connectivity index (χ1v) is 6.24. The van der Waals surface area contributed by atoms with Gasteiger partial charge in [-0.2, -0.15) is 0 Å². The zero-order valence-electron chi connectivity index (χ0n) is 10.1. The molecule has 0 bridgehead atoms. The van der Waals surface area contributed by atoms with Crippen LogP contribution >= 0.6 is 0 Å². The van der Waals surface area contributed by atoms with Crippen molar-refractivity contribution in [1.82, 2.24) is 20.0 Å². The van der Waals surface area contributed by atoms with Crippen LogP contribution in [0.3, 0.4) is 0 Å². The lowest BCUT2D eigenvalue weighted by atomic mass is 10.1. The first-order valence-electron chi connectivity index (χ1n) is 6.24. The third-order valence-electron chi connectivity index (χ3n) is 3.25. The second-order valence-corrected chi connectivity index (χ2v) is 4.62. The van der Waals surface area contributed by atoms with E-state index in [9.17, 15) is 4.79 Å². The Morgan fingerprint density at radius 2 is 2.44 bits per heavy atom. The summed E-state index contributed by atoms with van der Waals surface area (Å²) in [5.74, 6) is 0.154. The molecule has 5 nitrogen and oxygen atoms in total. The van der Waals surface area contributed by atoms with Crippen LogP contribution < -0.4 is 10.6 Å². The fourth-order valence-electron chi connectivity index (χ4n) is 2.23. The van der Waals surface area contributed by atoms with Crippen molar-refractivity contribution < 1.29 is 4.79 Å². The molecule has 18 heavy (non-hydrogen) atoms. The minimum atomic E-state index is 0.154. The van der Waals surface area contributed by atoms with E-state index in [1.807, 2.05) is 35.0 Å². The van der Waals surface area contributed by atoms with Crippen molar-refractivity contribution in [3.05, 3.63) is 36.3 Å². The van der Waals surface area contributed by atoms with E-state index in [2.05, 4.69) is 15.6 Å². The Morgan fingerprint density at radius 3 is 3.22 bits per heavy atom. The highest BCUT2D eigenvalue weighted by atomic mass is 16.1. The number of amides is 1. The molecule has 3 rings (SSSR count). The number of nitrogens with one attached hydrogen (secondary N) is 2. The number of aromatic nitrogens is 2. The third kappa shape index (κ3) is 2.36. The van der Waals surface area contributed by atoms with E-state index >= 15 is 0 Å². The zero-order valence-corrected chi connectivity index (χ0v) is 10.1. The number of carbonyl (C=O) groups is 1. The van der Waals surface area contributed by atoms with Crippen LogP contribution in [-0.2, 0) is 11.3 Å². The number of carbonyl (C=O) groups excluding carboxylic acids is 1. The summed E-state index contributed by atoms with van der Waals surface area (Å²) in [4.78, 5) is 15.6. The standard InChI is InChI=1S/C13H16N4O/c18-13-5-4-10(7-15-13)14-8-11-9-17-6-2-1-3-12(17)16-11/h1-3,6,9-10,14H,4-5,7-8H2,(H,15,18). The molecule has 1 amide bonds. The van der Waals surface area contributed by atoms with Gasteiger partial charge in [0, 0.05) is 37.9 Å². The van der Waals surface area contributed by atoms with Crippen LogP contribution in [0, 0.1) is 0 Å². The quantitative estimate of drug-likeness (QED) is 0.835. The molecule has 1 fully saturated rings. The minimum Gasteiger partial charge on any atom is -0.355 e. The monoisotopic (exact) mass is 244 g/mol. The van der Waals surface area contributed by atoms with Crippen LogP contribution in [0.15, 0.2) is 30.6 Å². The van der Waals surface area contributed by atoms with Crippen molar-refractivity contribution in [3.8, 4) is 0 Å². The van der Waals surface area contributed by atoms with Crippen LogP contribution in [0.2, 0.25) is 0 Å². The average molecular weight is 244 g/mol. The number of hydrogen-bond acceptors (Lipinski definition) is 3. The normalized spacial score (nSPS) is 20.0. The lowest BCUT2D eigenvalue weighted by molar-refractivity contribution is -0.122. The number of imidazole rings is 1. The van der Waals surface area contributed by atoms with E-state index in [1.54, 1.807) is 0 Å². The van der Waals surface area contributed by atoms with E-state index in [1.165, 1.54) is 0 Å². The summed E-state index contributed by atoms with van der Waals surface area (Å²) in [6.45, 7) is 1.45. The van der Waals surface area contributed by atoms with Gasteiger partial charge in [0.2, 0.25) is 5.91 Å². The molecule has 2 N–H and O–H groups in total. The van der Waals surface area contributed by atoms with E-state index in [4.69, 9.17) is 0 Å². The van der Waals surface area contributed by atoms with Crippen molar-refractivity contribution in [2.75, 3.05) is 6.54 Å². The molecule has 2 aromatic rings. The maximum atomic E-state index is 11.0. The summed E-state index contributed by atoms with van der Waals surface area (Å²) in [6, 6.07) is 6.32. The van der Waals surface area contributed by atoms with E-state index in [-0.39, 0.29) is 5.91 Å². The van der Waals surface area contributed by atoms with Gasteiger partial charge < -0.3 is 15.0 Å². The van der Waals surface area contributed by atoms with E-state index in [0.29, 0.717) is 19.0 Å². The lowest BCUT2D eigenvalue weighted by Gasteiger charge is -2.23. The molecule has 5 heteroatoms. The Labute approximate surface area is 105 Å². The second kappa shape index (κ2) is 4.78. The van der Waals surface area contributed by atoms with Crippen molar-refractivity contribution in [3.63, 3.8) is 0 Å². The molecule has 3 heterocycles. The number of nitrogens with zero attached hydrogens (tertiary/aromatic N) is 2. The fraction of sp³-hybridized carbons (Fsp3) is 0.385. The highest BCUT2D eigenvalue weighted by Crippen LogP contribution is 2.06. The fourth-order valence-corrected chi connectivity index (χ4v) is 2.23. The van der Waals surface area contributed by atoms with Crippen molar-refractivity contribution in [1.29, 1.82) is 0 Å². The Hall–Kier alpha value is -1.88. The minimum absolute atomic E-state index is 0.154. The van der Waals surface area contributed by atoms with Gasteiger partial charge in [-0.15, -0.1) is 0 Å². The second-order valence-electron chi connectivity index (χ2n) is 4.62. The number of fused-ring (bicyclic) bond motifs is 1. The molecule has 1 aliphatic rings. The lowest BCUT2D eigenvalue weighted by Crippen LogP contribution is -2.45. The van der Waals surface area contributed by atoms with E-state index in [0.717, 1.165) is 24.3 Å². The van der Waals surface area contributed by atoms with Crippen molar-refractivity contribution in [2.24, 2.45) is 0 Å². The maximum absolute atomic E-state index is 11.0. The molecule has 0 aliphatic carbocycles. The maximum Gasteiger partial charge on any atom is 0.220 e. The molecule has 94 valence electrons. The molecular formula is C13H16N4O. The van der Waals surface area contributed by atoms with Gasteiger partial charge in [0.15, 0.2) is 0 Å². The smallest absolute Gasteiger partial charge is 0.220 e. The van der Waals surface area contributed by atoms with Crippen LogP contribution in [0.25, 0.3) is 5.65 Å². The summed E-state index contributed by atoms with van der Waals surface area (Å²) >= 11 is 0. The Morgan fingerprint density at radius 1 is 1.50 bits per heavy atom. The molecule has 1 aliphatic heterocycles. The topological polar surface area (TPSA) is 58.4 Å². The molecular weight excluding hydrogens is 228 g/mol. The summed E-state index contributed by atoms with van der Waals surface area (Å²) in [5, 5.41) is 6.30. The molecule has 1 saturated heterocycles. The third-order valence-corrected chi connectivity index (χ3v) is 3.25. The van der Waals surface area contributed by atoms with Gasteiger partial charge in [-0.3, -0.25) is 4.79 Å². The summed E-state index contributed by atoms with van der Waals surface area (Å²) in [5.41, 5.74) is 1.99. The first kappa shape index (κ1) is 11.2. The Balaban J connectivity index is 1.61. The highest BCUT2D eigenvalue weighted by molar-refractivity contribution is 5.76. The SMILES string of the molecule is O=C1CCC(NCc2cn3ccccc3n2)CN1. The number of piperidine rings is 1. The summed E-state index contributed by atoms with van der Waals surface area (Å²) < 4.78 is 2.01. The number of rotatable bonds is 3. The predicted molar refractivity (Wildman–Crippen MR) is 68.1 cm³/mol. The van der Waals surface area contributed by atoms with Crippen LogP contribution in [-0.4, -0.2) is 27.9 Å². The van der Waals surface area contributed by atoms with Gasteiger partial charge in [-0.1, -0.05) is 6.07 Å². The number of pyridine rings is 1. The zero-order chi connectivity index (χ0) is 12.4. The molecule has 0 saturated carbocycles. The van der Waals surface area contributed by atoms with Gasteiger partial charge in [-0.25, -0.2) is 4.98 Å². The van der Waals surface area contributed by atoms with Crippen LogP contribution in [0.1, 0.15) is 18.5 Å². The molecule has 1 unspecified atom stereocenters. The molecule has 0 spiro atoms. The average Bonchev–Trinajstić information content (AvgIpc) is 2.81. The summed E-state index contributed by atoms with van der Waals surface area (Å²) in [7, 11) is 0. The molecule has 2 aromatic heterocycles. The van der Waals surface area contributed by atoms with Gasteiger partial charge in [-0.05, 0) is 18.6 Å². The van der Waals surface area contributed by atoms with Gasteiger partial charge in [0.25, 0.3) is 0 Å². The molecule has 0 aromatic carbocycles. The van der Waals surface area contributed by atoms with Gasteiger partial charge in [0.05, 0.1) is 5.69 Å². The Bertz CT molecular complexity index is 520. The van der Waals surface area contributed by atoms with Gasteiger partial charge in [0.1, 0.15) is 5.65 Å². The predicted octanol–water partition coefficient (Wildman–Crippen LogP) is 0.702. The Kier molecular flexibility index (Phi) is 2.98. The number of hydrogen-bond donors (Lipinski definition) is 2. The van der Waals surface area contributed by atoms with Crippen LogP contribution in [0.5, 0.6) is 0 Å². The molecule has 1 atom stereocenters. The van der Waals surface area contributed by atoms with E-state index < -0.39 is 0 Å². The first-order chi connectivity index (χ1) is 8.81. The highest BCUT2D eigenvalue weighted by Gasteiger charge is 2.17. The van der Waals surface area contributed by atoms with Crippen LogP contribution in [0.4, 0.5) is 0 Å². The van der Waals surface area contributed by atoms with Crippen molar-refractivity contribution >= 4 is 11.6 Å². The summed E-state index contributed by atoms with van der Waals surface area (Å²) in [6.07, 6.45) is 5.54. The largest absolute Gasteiger partial charge is 0.355 e. The molecule has 0 radical (unpaired) electrons. The van der Waals surface area contributed by atoms with Crippen molar-refractivity contribution in [2.45, 2.75) is 25.4 Å². The van der Waals surface area contributed by atoms with Gasteiger partial charge >= 0.3 is 0 Å².